The molecule has 0 amide bonds. The molecule has 3 aromatic rings. The third-order valence-electron chi connectivity index (χ3n) is 3.11. The van der Waals surface area contributed by atoms with Gasteiger partial charge in [0.2, 0.25) is 0 Å². The zero-order chi connectivity index (χ0) is 13.2. The Morgan fingerprint density at radius 3 is 3.11 bits per heavy atom. The Morgan fingerprint density at radius 2 is 2.37 bits per heavy atom. The number of thiophene rings is 1. The van der Waals surface area contributed by atoms with Gasteiger partial charge in [0.25, 0.3) is 0 Å². The fourth-order valence-electron chi connectivity index (χ4n) is 2.15. The van der Waals surface area contributed by atoms with Crippen LogP contribution in [0.2, 0.25) is 0 Å². The van der Waals surface area contributed by atoms with Crippen molar-refractivity contribution >= 4 is 32.8 Å². The molecule has 1 N–H and O–H groups in total. The van der Waals surface area contributed by atoms with Crippen LogP contribution in [0.15, 0.2) is 40.7 Å². The Bertz CT molecular complexity index is 691. The summed E-state index contributed by atoms with van der Waals surface area (Å²) in [5.41, 5.74) is 2.23. The average molecular weight is 337 g/mol. The Balaban J connectivity index is 1.93. The summed E-state index contributed by atoms with van der Waals surface area (Å²) in [5.74, 6) is 0. The molecule has 3 heterocycles. The molecule has 3 rings (SSSR count). The van der Waals surface area contributed by atoms with Gasteiger partial charge in [-0.3, -0.25) is 4.98 Å². The Hall–Kier alpha value is -1.24. The second-order valence-electron chi connectivity index (χ2n) is 4.28. The highest BCUT2D eigenvalue weighted by Crippen LogP contribution is 2.27. The van der Waals surface area contributed by atoms with Gasteiger partial charge < -0.3 is 5.32 Å². The van der Waals surface area contributed by atoms with Crippen LogP contribution in [0.1, 0.15) is 16.5 Å². The smallest absolute Gasteiger partial charge is 0.0892 e. The van der Waals surface area contributed by atoms with Gasteiger partial charge in [-0.2, -0.15) is 5.10 Å². The van der Waals surface area contributed by atoms with Gasteiger partial charge in [-0.15, -0.1) is 11.3 Å². The predicted octanol–water partition coefficient (Wildman–Crippen LogP) is 3.06. The maximum absolute atomic E-state index is 4.37. The molecule has 1 atom stereocenters. The fraction of sp³-hybridized carbons (Fsp3) is 0.231. The van der Waals surface area contributed by atoms with Crippen molar-refractivity contribution in [3.63, 3.8) is 0 Å². The summed E-state index contributed by atoms with van der Waals surface area (Å²) in [7, 11) is 1.98. The first-order chi connectivity index (χ1) is 9.28. The molecule has 6 heteroatoms. The molecule has 0 aliphatic heterocycles. The zero-order valence-corrected chi connectivity index (χ0v) is 12.8. The number of nitrogens with zero attached hydrogens (tertiary/aromatic N) is 3. The minimum atomic E-state index is 0.243. The molecule has 0 spiro atoms. The normalized spacial score (nSPS) is 12.9. The number of hydrogen-bond donors (Lipinski definition) is 1. The lowest BCUT2D eigenvalue weighted by molar-refractivity contribution is 0.600. The van der Waals surface area contributed by atoms with Gasteiger partial charge in [-0.1, -0.05) is 0 Å². The van der Waals surface area contributed by atoms with Crippen molar-refractivity contribution < 1.29 is 0 Å². The summed E-state index contributed by atoms with van der Waals surface area (Å²) in [6, 6.07) is 2.41. The Morgan fingerprint density at radius 1 is 1.47 bits per heavy atom. The molecule has 3 aromatic heterocycles. The summed E-state index contributed by atoms with van der Waals surface area (Å²) in [6.45, 7) is 0. The molecule has 98 valence electrons. The molecule has 4 nitrogen and oxygen atoms in total. The molecule has 0 bridgehead atoms. The van der Waals surface area contributed by atoms with Crippen LogP contribution in [0.5, 0.6) is 0 Å². The van der Waals surface area contributed by atoms with Gasteiger partial charge in [0, 0.05) is 45.1 Å². The van der Waals surface area contributed by atoms with Crippen LogP contribution in [-0.4, -0.2) is 21.6 Å². The molecular weight excluding hydrogens is 324 g/mol. The third-order valence-corrected chi connectivity index (χ3v) is 4.83. The van der Waals surface area contributed by atoms with Gasteiger partial charge in [-0.05, 0) is 29.0 Å². The van der Waals surface area contributed by atoms with Crippen LogP contribution in [0.3, 0.4) is 0 Å². The van der Waals surface area contributed by atoms with Crippen molar-refractivity contribution in [3.8, 4) is 0 Å². The first-order valence-electron chi connectivity index (χ1n) is 5.95. The largest absolute Gasteiger partial charge is 0.313 e. The maximum atomic E-state index is 4.37. The van der Waals surface area contributed by atoms with E-state index in [1.54, 1.807) is 17.5 Å². The average Bonchev–Trinajstić information content (AvgIpc) is 3.02. The van der Waals surface area contributed by atoms with Crippen molar-refractivity contribution in [2.24, 2.45) is 0 Å². The van der Waals surface area contributed by atoms with Crippen LogP contribution in [0, 0.1) is 0 Å². The molecule has 19 heavy (non-hydrogen) atoms. The monoisotopic (exact) mass is 336 g/mol. The van der Waals surface area contributed by atoms with E-state index in [9.17, 15) is 0 Å². The molecule has 0 fully saturated rings. The van der Waals surface area contributed by atoms with E-state index in [4.69, 9.17) is 0 Å². The molecule has 0 saturated heterocycles. The number of hydrogen-bond acceptors (Lipinski definition) is 4. The highest BCUT2D eigenvalue weighted by molar-refractivity contribution is 9.10. The Kier molecular flexibility index (Phi) is 3.63. The van der Waals surface area contributed by atoms with Crippen LogP contribution >= 0.6 is 27.3 Å². The number of nitrogens with one attached hydrogen (secondary N) is 1. The highest BCUT2D eigenvalue weighted by Gasteiger charge is 2.16. The zero-order valence-electron chi connectivity index (χ0n) is 10.4. The molecular formula is C13H13BrN4S. The lowest BCUT2D eigenvalue weighted by Crippen LogP contribution is -2.18. The van der Waals surface area contributed by atoms with Crippen LogP contribution in [-0.2, 0) is 6.42 Å². The van der Waals surface area contributed by atoms with Crippen LogP contribution in [0.25, 0.3) is 5.52 Å². The molecule has 0 saturated carbocycles. The summed E-state index contributed by atoms with van der Waals surface area (Å²) < 4.78 is 3.00. The minimum Gasteiger partial charge on any atom is -0.313 e. The van der Waals surface area contributed by atoms with E-state index in [0.717, 1.165) is 16.4 Å². The predicted molar refractivity (Wildman–Crippen MR) is 80.5 cm³/mol. The van der Waals surface area contributed by atoms with Gasteiger partial charge in [0.05, 0.1) is 17.9 Å². The summed E-state index contributed by atoms with van der Waals surface area (Å²) >= 11 is 5.26. The number of rotatable bonds is 4. The van der Waals surface area contributed by atoms with Crippen molar-refractivity contribution in [2.75, 3.05) is 7.05 Å². The van der Waals surface area contributed by atoms with E-state index in [0.29, 0.717) is 0 Å². The highest BCUT2D eigenvalue weighted by atomic mass is 79.9. The van der Waals surface area contributed by atoms with E-state index in [-0.39, 0.29) is 6.04 Å². The van der Waals surface area contributed by atoms with Gasteiger partial charge in [-0.25, -0.2) is 4.52 Å². The van der Waals surface area contributed by atoms with Gasteiger partial charge in [0.1, 0.15) is 0 Å². The number of aromatic nitrogens is 3. The standard InChI is InChI=1S/C13H13BrN4S/c1-15-12(5-10-4-9(14)8-19-10)11-6-17-18-3-2-16-7-13(11)18/h2-4,6-8,12,15H,5H2,1H3. The Labute approximate surface area is 123 Å². The second kappa shape index (κ2) is 5.40. The lowest BCUT2D eigenvalue weighted by Gasteiger charge is -2.13. The van der Waals surface area contributed by atoms with E-state index in [1.807, 2.05) is 30.2 Å². The summed E-state index contributed by atoms with van der Waals surface area (Å²) in [6.07, 6.45) is 8.34. The first kappa shape index (κ1) is 12.8. The van der Waals surface area contributed by atoms with Crippen molar-refractivity contribution in [1.29, 1.82) is 0 Å². The van der Waals surface area contributed by atoms with Gasteiger partial charge >= 0.3 is 0 Å². The SMILES string of the molecule is CNC(Cc1cc(Br)cs1)c1cnn2ccncc12. The second-order valence-corrected chi connectivity index (χ2v) is 6.19. The minimum absolute atomic E-state index is 0.243. The number of fused-ring (bicyclic) bond motifs is 1. The van der Waals surface area contributed by atoms with E-state index in [1.165, 1.54) is 10.4 Å². The molecule has 0 aromatic carbocycles. The molecule has 0 radical (unpaired) electrons. The summed E-state index contributed by atoms with van der Waals surface area (Å²) in [5, 5.41) is 9.84. The van der Waals surface area contributed by atoms with E-state index >= 15 is 0 Å². The first-order valence-corrected chi connectivity index (χ1v) is 7.62. The summed E-state index contributed by atoms with van der Waals surface area (Å²) in [4.78, 5) is 5.52. The molecule has 0 aliphatic rings. The topological polar surface area (TPSA) is 42.2 Å². The number of likely N-dealkylation sites (N-methyl/N-ethyl adjacent to an activating group) is 1. The molecule has 0 aliphatic carbocycles. The van der Waals surface area contributed by atoms with Crippen molar-refractivity contribution in [3.05, 3.63) is 51.1 Å². The quantitative estimate of drug-likeness (QED) is 0.796. The van der Waals surface area contributed by atoms with E-state index < -0.39 is 0 Å². The van der Waals surface area contributed by atoms with Crippen molar-refractivity contribution in [1.82, 2.24) is 19.9 Å². The third kappa shape index (κ3) is 2.56. The van der Waals surface area contributed by atoms with Crippen LogP contribution < -0.4 is 5.32 Å². The molecule has 1 unspecified atom stereocenters. The van der Waals surface area contributed by atoms with E-state index in [2.05, 4.69) is 42.8 Å². The van der Waals surface area contributed by atoms with Gasteiger partial charge in [0.15, 0.2) is 0 Å². The lowest BCUT2D eigenvalue weighted by atomic mass is 10.1. The van der Waals surface area contributed by atoms with Crippen molar-refractivity contribution in [2.45, 2.75) is 12.5 Å². The van der Waals surface area contributed by atoms with Crippen LogP contribution in [0.4, 0.5) is 0 Å². The number of halogens is 1. The fourth-order valence-corrected chi connectivity index (χ4v) is 3.65. The maximum Gasteiger partial charge on any atom is 0.0892 e.